The first-order chi connectivity index (χ1) is 7.15. The molecule has 1 saturated heterocycles. The van der Waals surface area contributed by atoms with Crippen molar-refractivity contribution in [3.63, 3.8) is 0 Å². The third-order valence-electron chi connectivity index (χ3n) is 3.05. The Morgan fingerprint density at radius 3 is 3.07 bits per heavy atom. The van der Waals surface area contributed by atoms with Gasteiger partial charge >= 0.3 is 0 Å². The van der Waals surface area contributed by atoms with E-state index in [-0.39, 0.29) is 6.10 Å². The van der Waals surface area contributed by atoms with E-state index >= 15 is 0 Å². The van der Waals surface area contributed by atoms with Gasteiger partial charge in [-0.1, -0.05) is 5.16 Å². The van der Waals surface area contributed by atoms with E-state index in [0.717, 1.165) is 37.5 Å². The fraction of sp³-hybridized carbons (Fsp3) is 0.727. The van der Waals surface area contributed by atoms with Crippen LogP contribution in [0, 0.1) is 12.8 Å². The lowest BCUT2D eigenvalue weighted by molar-refractivity contribution is 0.127. The van der Waals surface area contributed by atoms with E-state index in [0.29, 0.717) is 5.92 Å². The smallest absolute Gasteiger partial charge is 0.133 e. The number of aliphatic hydroxyl groups excluding tert-OH is 1. The molecule has 0 bridgehead atoms. The molecule has 4 nitrogen and oxygen atoms in total. The van der Waals surface area contributed by atoms with Gasteiger partial charge in [-0.15, -0.1) is 0 Å². The van der Waals surface area contributed by atoms with Gasteiger partial charge < -0.3 is 9.63 Å². The Morgan fingerprint density at radius 1 is 1.73 bits per heavy atom. The van der Waals surface area contributed by atoms with Crippen LogP contribution >= 0.6 is 0 Å². The summed E-state index contributed by atoms with van der Waals surface area (Å²) in [4.78, 5) is 2.31. The molecular weight excluding hydrogens is 192 g/mol. The van der Waals surface area contributed by atoms with Gasteiger partial charge in [0.15, 0.2) is 0 Å². The Kier molecular flexibility index (Phi) is 3.07. The van der Waals surface area contributed by atoms with Crippen molar-refractivity contribution >= 4 is 0 Å². The number of nitrogens with zero attached hydrogens (tertiary/aromatic N) is 2. The van der Waals surface area contributed by atoms with Gasteiger partial charge in [-0.3, -0.25) is 4.90 Å². The standard InChI is InChI=1S/C11H18N2O2/c1-8-5-11(12-15-8)7-13-4-3-10(6-13)9(2)14/h5,9-10,14H,3-4,6-7H2,1-2H3. The molecule has 1 fully saturated rings. The topological polar surface area (TPSA) is 49.5 Å². The number of aromatic nitrogens is 1. The molecule has 0 amide bonds. The lowest BCUT2D eigenvalue weighted by atomic mass is 10.0. The minimum absolute atomic E-state index is 0.200. The molecule has 0 radical (unpaired) electrons. The molecule has 2 heterocycles. The molecule has 0 spiro atoms. The van der Waals surface area contributed by atoms with Crippen molar-refractivity contribution in [3.8, 4) is 0 Å². The second-order valence-electron chi connectivity index (χ2n) is 4.45. The number of hydrogen-bond donors (Lipinski definition) is 1. The largest absolute Gasteiger partial charge is 0.393 e. The molecule has 1 aliphatic heterocycles. The highest BCUT2D eigenvalue weighted by Crippen LogP contribution is 2.21. The van der Waals surface area contributed by atoms with E-state index in [1.165, 1.54) is 0 Å². The van der Waals surface area contributed by atoms with Crippen LogP contribution in [0.5, 0.6) is 0 Å². The number of rotatable bonds is 3. The first-order valence-electron chi connectivity index (χ1n) is 5.48. The summed E-state index contributed by atoms with van der Waals surface area (Å²) in [6, 6.07) is 1.97. The van der Waals surface area contributed by atoms with Crippen LogP contribution in [-0.2, 0) is 6.54 Å². The summed E-state index contributed by atoms with van der Waals surface area (Å²) in [6.45, 7) is 6.61. The van der Waals surface area contributed by atoms with Crippen molar-refractivity contribution < 1.29 is 9.63 Å². The Bertz CT molecular complexity index is 322. The van der Waals surface area contributed by atoms with Gasteiger partial charge in [-0.2, -0.15) is 0 Å². The van der Waals surface area contributed by atoms with E-state index in [2.05, 4.69) is 10.1 Å². The molecule has 2 unspecified atom stereocenters. The molecule has 84 valence electrons. The number of likely N-dealkylation sites (tertiary alicyclic amines) is 1. The molecule has 1 aromatic heterocycles. The summed E-state index contributed by atoms with van der Waals surface area (Å²) >= 11 is 0. The molecule has 0 aliphatic carbocycles. The summed E-state index contributed by atoms with van der Waals surface area (Å²) in [6.07, 6.45) is 0.878. The average molecular weight is 210 g/mol. The maximum atomic E-state index is 9.48. The third kappa shape index (κ3) is 2.58. The van der Waals surface area contributed by atoms with Crippen molar-refractivity contribution in [2.45, 2.75) is 32.9 Å². The Hall–Kier alpha value is -0.870. The molecule has 0 saturated carbocycles. The fourth-order valence-corrected chi connectivity index (χ4v) is 2.12. The van der Waals surface area contributed by atoms with Crippen LogP contribution in [0.3, 0.4) is 0 Å². The summed E-state index contributed by atoms with van der Waals surface area (Å²) < 4.78 is 5.02. The van der Waals surface area contributed by atoms with E-state index in [1.54, 1.807) is 0 Å². The van der Waals surface area contributed by atoms with Crippen LogP contribution in [0.4, 0.5) is 0 Å². The predicted octanol–water partition coefficient (Wildman–Crippen LogP) is 1.19. The van der Waals surface area contributed by atoms with Gasteiger partial charge in [0.1, 0.15) is 5.76 Å². The fourth-order valence-electron chi connectivity index (χ4n) is 2.12. The molecule has 0 aromatic carbocycles. The van der Waals surface area contributed by atoms with Crippen LogP contribution in [0.15, 0.2) is 10.6 Å². The van der Waals surface area contributed by atoms with Crippen molar-refractivity contribution in [2.24, 2.45) is 5.92 Å². The molecule has 1 aromatic rings. The van der Waals surface area contributed by atoms with E-state index in [9.17, 15) is 5.11 Å². The van der Waals surface area contributed by atoms with Crippen molar-refractivity contribution in [1.82, 2.24) is 10.1 Å². The summed E-state index contributed by atoms with van der Waals surface area (Å²) in [7, 11) is 0. The molecule has 4 heteroatoms. The van der Waals surface area contributed by atoms with Crippen molar-refractivity contribution in [3.05, 3.63) is 17.5 Å². The predicted molar refractivity (Wildman–Crippen MR) is 56.3 cm³/mol. The first-order valence-corrected chi connectivity index (χ1v) is 5.48. The van der Waals surface area contributed by atoms with Crippen molar-refractivity contribution in [1.29, 1.82) is 0 Å². The summed E-state index contributed by atoms with van der Waals surface area (Å²) in [5.41, 5.74) is 0.985. The second-order valence-corrected chi connectivity index (χ2v) is 4.45. The van der Waals surface area contributed by atoms with Crippen molar-refractivity contribution in [2.75, 3.05) is 13.1 Å². The minimum atomic E-state index is -0.200. The highest BCUT2D eigenvalue weighted by Gasteiger charge is 2.26. The van der Waals surface area contributed by atoms with E-state index in [4.69, 9.17) is 4.52 Å². The minimum Gasteiger partial charge on any atom is -0.393 e. The number of aliphatic hydroxyl groups is 1. The van der Waals surface area contributed by atoms with E-state index in [1.807, 2.05) is 19.9 Å². The van der Waals surface area contributed by atoms with Gasteiger partial charge in [-0.05, 0) is 32.7 Å². The van der Waals surface area contributed by atoms with Gasteiger partial charge in [0.25, 0.3) is 0 Å². The molecule has 2 rings (SSSR count). The number of aryl methyl sites for hydroxylation is 1. The Balaban J connectivity index is 1.87. The monoisotopic (exact) mass is 210 g/mol. The van der Waals surface area contributed by atoms with Crippen LogP contribution in [0.2, 0.25) is 0 Å². The van der Waals surface area contributed by atoms with Crippen LogP contribution in [0.1, 0.15) is 24.8 Å². The maximum Gasteiger partial charge on any atom is 0.133 e. The molecule has 1 aliphatic rings. The van der Waals surface area contributed by atoms with Gasteiger partial charge in [0, 0.05) is 19.2 Å². The maximum absolute atomic E-state index is 9.48. The Labute approximate surface area is 89.9 Å². The molecule has 1 N–H and O–H groups in total. The van der Waals surface area contributed by atoms with E-state index < -0.39 is 0 Å². The highest BCUT2D eigenvalue weighted by molar-refractivity contribution is 5.03. The zero-order valence-corrected chi connectivity index (χ0v) is 9.31. The van der Waals surface area contributed by atoms with Gasteiger partial charge in [0.2, 0.25) is 0 Å². The quantitative estimate of drug-likeness (QED) is 0.814. The molecule has 2 atom stereocenters. The molecule has 15 heavy (non-hydrogen) atoms. The summed E-state index contributed by atoms with van der Waals surface area (Å²) in [5.74, 6) is 1.27. The Morgan fingerprint density at radius 2 is 2.53 bits per heavy atom. The van der Waals surface area contributed by atoms with Gasteiger partial charge in [0.05, 0.1) is 11.8 Å². The second kappa shape index (κ2) is 4.33. The van der Waals surface area contributed by atoms with Crippen LogP contribution in [0.25, 0.3) is 0 Å². The summed E-state index contributed by atoms with van der Waals surface area (Å²) in [5, 5.41) is 13.4. The molecular formula is C11H18N2O2. The van der Waals surface area contributed by atoms with Crippen LogP contribution in [-0.4, -0.2) is 34.4 Å². The van der Waals surface area contributed by atoms with Gasteiger partial charge in [-0.25, -0.2) is 0 Å². The van der Waals surface area contributed by atoms with Crippen LogP contribution < -0.4 is 0 Å². The SMILES string of the molecule is Cc1cc(CN2CCC(C(C)O)C2)no1. The highest BCUT2D eigenvalue weighted by atomic mass is 16.5. The first kappa shape index (κ1) is 10.6. The zero-order valence-electron chi connectivity index (χ0n) is 9.31. The normalized spacial score (nSPS) is 24.6. The lowest BCUT2D eigenvalue weighted by Gasteiger charge is -2.15. The zero-order chi connectivity index (χ0) is 10.8. The average Bonchev–Trinajstić information content (AvgIpc) is 2.76. The third-order valence-corrected chi connectivity index (χ3v) is 3.05. The lowest BCUT2D eigenvalue weighted by Crippen LogP contribution is -2.24. The number of hydrogen-bond acceptors (Lipinski definition) is 4.